The Kier molecular flexibility index (Phi) is 13.0. The number of carbonyl (C=O) groups is 1. The van der Waals surface area contributed by atoms with E-state index in [2.05, 4.69) is 20.1 Å². The van der Waals surface area contributed by atoms with E-state index in [1.165, 1.54) is 24.3 Å². The van der Waals surface area contributed by atoms with Crippen LogP contribution in [0.5, 0.6) is 0 Å². The summed E-state index contributed by atoms with van der Waals surface area (Å²) in [6, 6.07) is 6.75. The Morgan fingerprint density at radius 3 is 1.41 bits per heavy atom. The average Bonchev–Trinajstić information content (AvgIpc) is 2.71. The van der Waals surface area contributed by atoms with Crippen molar-refractivity contribution in [1.29, 1.82) is 0 Å². The summed E-state index contributed by atoms with van der Waals surface area (Å²) in [6.45, 7) is 0. The van der Waals surface area contributed by atoms with Crippen LogP contribution in [0.2, 0.25) is 0 Å². The maximum absolute atomic E-state index is 12.1. The van der Waals surface area contributed by atoms with Crippen LogP contribution in [-0.2, 0) is 25.0 Å². The van der Waals surface area contributed by atoms with E-state index in [-0.39, 0.29) is 81.6 Å². The van der Waals surface area contributed by atoms with Crippen LogP contribution in [0, 0.1) is 0 Å². The van der Waals surface area contributed by atoms with Gasteiger partial charge in [0.1, 0.15) is 9.79 Å². The first kappa shape index (κ1) is 32.0. The zero-order chi connectivity index (χ0) is 23.9. The monoisotopic (exact) mass is 522 g/mol. The fraction of sp³-hybridized carbons (Fsp3) is 0. The van der Waals surface area contributed by atoms with E-state index in [9.17, 15) is 30.7 Å². The van der Waals surface area contributed by atoms with Gasteiger partial charge < -0.3 is 0 Å². The summed E-state index contributed by atoms with van der Waals surface area (Å²) >= 11 is 0. The standard InChI is InChI=1S/C17H12N6O7S2.2Na/c18-22-20-13-5-1-11(16(9-13)31(25,26)27)3-7-15(24)8-4-12-2-6-14(21-23-19)10-17(12)32(28,29)30;;/h1-10H,(H,25,26,27)(H,28,29,30);;. The number of hydrogen-bond donors (Lipinski definition) is 2. The first-order chi connectivity index (χ1) is 15.0. The molecular weight excluding hydrogens is 510 g/mol. The molecule has 2 aromatic rings. The number of rotatable bonds is 8. The minimum Gasteiger partial charge on any atom is -0.290 e. The number of allylic oxidation sites excluding steroid dienone is 2. The van der Waals surface area contributed by atoms with E-state index in [0.717, 1.165) is 36.4 Å². The Bertz CT molecular complexity index is 1350. The summed E-state index contributed by atoms with van der Waals surface area (Å²) in [5, 5.41) is 6.47. The van der Waals surface area contributed by atoms with E-state index in [1.807, 2.05) is 0 Å². The normalized spacial score (nSPS) is 11.1. The van der Waals surface area contributed by atoms with Gasteiger partial charge in [0.25, 0.3) is 20.2 Å². The van der Waals surface area contributed by atoms with E-state index in [1.54, 1.807) is 0 Å². The van der Waals surface area contributed by atoms with Gasteiger partial charge in [-0.1, -0.05) is 34.5 Å². The Morgan fingerprint density at radius 2 is 1.12 bits per heavy atom. The zero-order valence-electron chi connectivity index (χ0n) is 17.7. The van der Waals surface area contributed by atoms with Gasteiger partial charge in [-0.2, -0.15) is 16.8 Å². The molecule has 0 unspecified atom stereocenters. The summed E-state index contributed by atoms with van der Waals surface area (Å²) in [4.78, 5) is 15.9. The summed E-state index contributed by atoms with van der Waals surface area (Å²) in [5.41, 5.74) is 16.5. The van der Waals surface area contributed by atoms with Crippen LogP contribution >= 0.6 is 0 Å². The summed E-state index contributed by atoms with van der Waals surface area (Å²) in [5.74, 6) is -0.703. The van der Waals surface area contributed by atoms with Crippen LogP contribution in [0.15, 0.2) is 68.6 Å². The number of ketones is 1. The molecule has 0 saturated heterocycles. The summed E-state index contributed by atoms with van der Waals surface area (Å²) in [7, 11) is -9.40. The predicted molar refractivity (Wildman–Crippen MR) is 125 cm³/mol. The quantitative estimate of drug-likeness (QED) is 0.131. The second-order valence-corrected chi connectivity index (χ2v) is 8.62. The SMILES string of the molecule is [N-]=[N+]=Nc1ccc(C=CC(=O)C=Cc2ccc(N=[N+]=[N-])cc2S(=O)(=O)O)c(S(=O)(=O)O)c1.[Na].[Na]. The van der Waals surface area contributed by atoms with Gasteiger partial charge in [-0.05, 0) is 58.6 Å². The number of azide groups is 2. The molecule has 2 radical (unpaired) electrons. The molecule has 0 saturated carbocycles. The van der Waals surface area contributed by atoms with Gasteiger partial charge in [0.2, 0.25) is 0 Å². The summed E-state index contributed by atoms with van der Waals surface area (Å²) in [6.07, 6.45) is 4.03. The van der Waals surface area contributed by atoms with Crippen LogP contribution in [0.1, 0.15) is 11.1 Å². The molecule has 0 atom stereocenters. The first-order valence-electron chi connectivity index (χ1n) is 8.19. The molecule has 0 amide bonds. The molecule has 2 N–H and O–H groups in total. The number of benzene rings is 2. The van der Waals surface area contributed by atoms with Gasteiger partial charge in [-0.3, -0.25) is 13.9 Å². The van der Waals surface area contributed by atoms with Crippen LogP contribution < -0.4 is 0 Å². The second-order valence-electron chi connectivity index (χ2n) is 5.84. The van der Waals surface area contributed by atoms with Crippen LogP contribution in [-0.4, -0.2) is 90.8 Å². The molecule has 0 fully saturated rings. The van der Waals surface area contributed by atoms with E-state index in [4.69, 9.17) is 11.1 Å². The van der Waals surface area contributed by atoms with Crippen LogP contribution in [0.3, 0.4) is 0 Å². The van der Waals surface area contributed by atoms with E-state index < -0.39 is 35.8 Å². The van der Waals surface area contributed by atoms with E-state index >= 15 is 0 Å². The molecule has 0 bridgehead atoms. The zero-order valence-corrected chi connectivity index (χ0v) is 23.3. The topological polar surface area (TPSA) is 223 Å². The number of carbonyl (C=O) groups excluding carboxylic acids is 1. The molecule has 166 valence electrons. The van der Waals surface area contributed by atoms with Crippen molar-refractivity contribution in [2.45, 2.75) is 9.79 Å². The molecule has 0 spiro atoms. The van der Waals surface area contributed by atoms with Crippen LogP contribution in [0.4, 0.5) is 11.4 Å². The fourth-order valence-corrected chi connectivity index (χ4v) is 3.80. The van der Waals surface area contributed by atoms with Crippen molar-refractivity contribution in [1.82, 2.24) is 0 Å². The van der Waals surface area contributed by atoms with Crippen molar-refractivity contribution in [3.05, 3.63) is 80.6 Å². The Hall–Kier alpha value is -1.97. The molecule has 34 heavy (non-hydrogen) atoms. The molecule has 2 aromatic carbocycles. The number of hydrogen-bond acceptors (Lipinski definition) is 7. The first-order valence-corrected chi connectivity index (χ1v) is 11.1. The molecular formula is C17H12N6Na2O7S2. The second kappa shape index (κ2) is 13.8. The van der Waals surface area contributed by atoms with Crippen molar-refractivity contribution >= 4 is 109 Å². The maximum Gasteiger partial charge on any atom is 0.295 e. The molecule has 17 heteroatoms. The fourth-order valence-electron chi connectivity index (χ4n) is 2.40. The molecule has 0 aliphatic heterocycles. The van der Waals surface area contributed by atoms with Gasteiger partial charge in [-0.25, -0.2) is 0 Å². The van der Waals surface area contributed by atoms with E-state index in [0.29, 0.717) is 0 Å². The van der Waals surface area contributed by atoms with Crippen LogP contribution in [0.25, 0.3) is 33.0 Å². The Morgan fingerprint density at radius 1 is 0.765 bits per heavy atom. The average molecular weight is 522 g/mol. The molecule has 0 aliphatic carbocycles. The minimum atomic E-state index is -4.70. The third-order valence-corrected chi connectivity index (χ3v) is 5.54. The van der Waals surface area contributed by atoms with Gasteiger partial charge in [-0.15, -0.1) is 0 Å². The van der Waals surface area contributed by atoms with Crippen molar-refractivity contribution in [3.8, 4) is 0 Å². The van der Waals surface area contributed by atoms with Crippen molar-refractivity contribution < 1.29 is 30.7 Å². The van der Waals surface area contributed by atoms with Gasteiger partial charge in [0.05, 0.1) is 0 Å². The third-order valence-electron chi connectivity index (χ3n) is 3.72. The number of nitrogens with zero attached hydrogens (tertiary/aromatic N) is 6. The molecule has 0 heterocycles. The van der Waals surface area contributed by atoms with Crippen molar-refractivity contribution in [2.24, 2.45) is 10.2 Å². The Labute approximate surface area is 237 Å². The van der Waals surface area contributed by atoms with Crippen molar-refractivity contribution in [2.75, 3.05) is 0 Å². The van der Waals surface area contributed by atoms with Crippen molar-refractivity contribution in [3.63, 3.8) is 0 Å². The molecule has 2 rings (SSSR count). The smallest absolute Gasteiger partial charge is 0.290 e. The molecule has 13 nitrogen and oxygen atoms in total. The maximum atomic E-state index is 12.1. The Balaban J connectivity index is 0.00000544. The van der Waals surface area contributed by atoms with Gasteiger partial charge in [0, 0.05) is 80.3 Å². The minimum absolute atomic E-state index is 0. The summed E-state index contributed by atoms with van der Waals surface area (Å²) < 4.78 is 64.9. The molecule has 0 aromatic heterocycles. The van der Waals surface area contributed by atoms with Gasteiger partial charge >= 0.3 is 0 Å². The largest absolute Gasteiger partial charge is 0.295 e. The third kappa shape index (κ3) is 9.35. The predicted octanol–water partition coefficient (Wildman–Crippen LogP) is 3.60. The van der Waals surface area contributed by atoms with Gasteiger partial charge in [0.15, 0.2) is 5.78 Å². The molecule has 0 aliphatic rings.